The van der Waals surface area contributed by atoms with Crippen molar-refractivity contribution in [2.24, 2.45) is 5.92 Å². The molecule has 0 aliphatic rings. The monoisotopic (exact) mass is 590 g/mol. The second-order valence-electron chi connectivity index (χ2n) is 10.8. The molecule has 0 saturated carbocycles. The van der Waals surface area contributed by atoms with Gasteiger partial charge >= 0.3 is 6.03 Å². The van der Waals surface area contributed by atoms with Gasteiger partial charge in [-0.15, -0.1) is 0 Å². The lowest BCUT2D eigenvalue weighted by molar-refractivity contribution is -0.132. The van der Waals surface area contributed by atoms with E-state index in [-0.39, 0.29) is 24.4 Å². The number of benzene rings is 3. The maximum atomic E-state index is 13.9. The highest BCUT2D eigenvalue weighted by Gasteiger charge is 2.23. The van der Waals surface area contributed by atoms with Crippen LogP contribution in [0.25, 0.3) is 10.9 Å². The van der Waals surface area contributed by atoms with E-state index >= 15 is 0 Å². The van der Waals surface area contributed by atoms with Gasteiger partial charge in [0.15, 0.2) is 11.5 Å². The third-order valence-corrected chi connectivity index (χ3v) is 7.53. The molecule has 1 aromatic heterocycles. The van der Waals surface area contributed by atoms with Gasteiger partial charge in [0.1, 0.15) is 6.54 Å². The number of rotatable bonds is 12. The highest BCUT2D eigenvalue weighted by molar-refractivity contribution is 6.31. The summed E-state index contributed by atoms with van der Waals surface area (Å²) in [6, 6.07) is 18.8. The van der Waals surface area contributed by atoms with Crippen LogP contribution < -0.4 is 14.8 Å². The number of nitrogens with one attached hydrogen (secondary N) is 2. The van der Waals surface area contributed by atoms with E-state index in [4.69, 9.17) is 21.1 Å². The molecular weight excluding hydrogens is 552 g/mol. The van der Waals surface area contributed by atoms with Gasteiger partial charge in [-0.05, 0) is 66.3 Å². The summed E-state index contributed by atoms with van der Waals surface area (Å²) in [5.74, 6) is 1.23. The van der Waals surface area contributed by atoms with Gasteiger partial charge < -0.3 is 29.6 Å². The summed E-state index contributed by atoms with van der Waals surface area (Å²) in [4.78, 5) is 34.0. The molecule has 0 atom stereocenters. The lowest BCUT2D eigenvalue weighted by Crippen LogP contribution is -2.46. The van der Waals surface area contributed by atoms with Gasteiger partial charge in [0.2, 0.25) is 5.91 Å². The molecule has 0 aliphatic carbocycles. The molecule has 0 aliphatic heterocycles. The smallest absolute Gasteiger partial charge is 0.322 e. The molecule has 0 fully saturated rings. The summed E-state index contributed by atoms with van der Waals surface area (Å²) in [6.07, 6.45) is 2.65. The number of carbonyl (C=O) groups excluding carboxylic acids is 2. The minimum Gasteiger partial charge on any atom is -0.493 e. The third-order valence-electron chi connectivity index (χ3n) is 7.12. The van der Waals surface area contributed by atoms with Crippen molar-refractivity contribution in [3.05, 3.63) is 88.6 Å². The normalized spacial score (nSPS) is 11.0. The Hall–Kier alpha value is -4.17. The Labute approximate surface area is 252 Å². The first-order valence-electron chi connectivity index (χ1n) is 14.0. The van der Waals surface area contributed by atoms with Crippen LogP contribution in [0.5, 0.6) is 11.5 Å². The number of aromatic amines is 1. The number of anilines is 1. The fourth-order valence-electron chi connectivity index (χ4n) is 4.88. The maximum Gasteiger partial charge on any atom is 0.322 e. The number of urea groups is 1. The van der Waals surface area contributed by atoms with Gasteiger partial charge in [-0.2, -0.15) is 0 Å². The average Bonchev–Trinajstić information content (AvgIpc) is 3.39. The van der Waals surface area contributed by atoms with E-state index in [1.165, 1.54) is 0 Å². The van der Waals surface area contributed by atoms with Crippen LogP contribution in [0.15, 0.2) is 66.9 Å². The van der Waals surface area contributed by atoms with Crippen LogP contribution in [0.2, 0.25) is 5.02 Å². The number of methoxy groups -OCH3 is 2. The predicted molar refractivity (Wildman–Crippen MR) is 169 cm³/mol. The van der Waals surface area contributed by atoms with Crippen LogP contribution in [0, 0.1) is 12.8 Å². The number of hydrogen-bond acceptors (Lipinski definition) is 4. The quantitative estimate of drug-likeness (QED) is 0.188. The lowest BCUT2D eigenvalue weighted by atomic mass is 10.1. The molecule has 2 N–H and O–H groups in total. The highest BCUT2D eigenvalue weighted by Crippen LogP contribution is 2.28. The number of H-pyrrole nitrogens is 1. The largest absolute Gasteiger partial charge is 0.493 e. The number of para-hydroxylation sites is 1. The van der Waals surface area contributed by atoms with Crippen LogP contribution in [-0.2, 0) is 17.8 Å². The topological polar surface area (TPSA) is 86.9 Å². The Balaban J connectivity index is 1.56. The maximum absolute atomic E-state index is 13.9. The zero-order valence-electron chi connectivity index (χ0n) is 24.9. The minimum absolute atomic E-state index is 0.0647. The van der Waals surface area contributed by atoms with Gasteiger partial charge in [0, 0.05) is 47.4 Å². The van der Waals surface area contributed by atoms with Crippen molar-refractivity contribution in [1.29, 1.82) is 0 Å². The zero-order chi connectivity index (χ0) is 30.2. The number of carbonyl (C=O) groups is 2. The Morgan fingerprint density at radius 1 is 0.976 bits per heavy atom. The number of hydrogen-bond donors (Lipinski definition) is 2. The standard InChI is InChI=1S/C33H39ClN4O4/c1-22(2)19-38(33(40)36-26-12-10-23(3)28(34)17-26)21-32(39)37(20-24-11-13-30(41-4)31(16-24)42-5)15-14-25-18-35-29-9-7-6-8-27(25)29/h6-13,16-18,22,35H,14-15,19-21H2,1-5H3,(H,36,40). The molecular formula is C33H39ClN4O4. The molecule has 3 aromatic carbocycles. The second-order valence-corrected chi connectivity index (χ2v) is 11.2. The van der Waals surface area contributed by atoms with E-state index in [1.807, 2.05) is 69.4 Å². The van der Waals surface area contributed by atoms with Crippen molar-refractivity contribution in [2.45, 2.75) is 33.7 Å². The number of aromatic nitrogens is 1. The molecule has 1 heterocycles. The Kier molecular flexibility index (Phi) is 10.4. The number of fused-ring (bicyclic) bond motifs is 1. The molecule has 42 heavy (non-hydrogen) atoms. The molecule has 4 rings (SSSR count). The first-order chi connectivity index (χ1) is 20.2. The van der Waals surface area contributed by atoms with Crippen LogP contribution in [0.3, 0.4) is 0 Å². The molecule has 3 amide bonds. The van der Waals surface area contributed by atoms with E-state index in [2.05, 4.69) is 16.4 Å². The summed E-state index contributed by atoms with van der Waals surface area (Å²) in [5.41, 5.74) is 4.59. The Morgan fingerprint density at radius 2 is 1.74 bits per heavy atom. The van der Waals surface area contributed by atoms with Gasteiger partial charge in [-0.3, -0.25) is 4.79 Å². The Morgan fingerprint density at radius 3 is 2.45 bits per heavy atom. The van der Waals surface area contributed by atoms with Crippen LogP contribution in [-0.4, -0.2) is 60.6 Å². The molecule has 4 aromatic rings. The lowest BCUT2D eigenvalue weighted by Gasteiger charge is -2.29. The van der Waals surface area contributed by atoms with E-state index < -0.39 is 0 Å². The predicted octanol–water partition coefficient (Wildman–Crippen LogP) is 6.91. The summed E-state index contributed by atoms with van der Waals surface area (Å²) >= 11 is 6.27. The van der Waals surface area contributed by atoms with Gasteiger partial charge in [0.25, 0.3) is 0 Å². The molecule has 0 radical (unpaired) electrons. The fourth-order valence-corrected chi connectivity index (χ4v) is 5.06. The van der Waals surface area contributed by atoms with Gasteiger partial charge in [0.05, 0.1) is 14.2 Å². The molecule has 0 unspecified atom stereocenters. The van der Waals surface area contributed by atoms with E-state index in [1.54, 1.807) is 36.2 Å². The average molecular weight is 591 g/mol. The molecule has 222 valence electrons. The minimum atomic E-state index is -0.348. The van der Waals surface area contributed by atoms with E-state index in [0.29, 0.717) is 48.3 Å². The number of halogens is 1. The van der Waals surface area contributed by atoms with E-state index in [9.17, 15) is 9.59 Å². The van der Waals surface area contributed by atoms with E-state index in [0.717, 1.165) is 27.6 Å². The summed E-state index contributed by atoms with van der Waals surface area (Å²) < 4.78 is 10.9. The van der Waals surface area contributed by atoms with Gasteiger partial charge in [-0.25, -0.2) is 4.79 Å². The highest BCUT2D eigenvalue weighted by atomic mass is 35.5. The number of nitrogens with zero attached hydrogens (tertiary/aromatic N) is 2. The third kappa shape index (κ3) is 7.76. The summed E-state index contributed by atoms with van der Waals surface area (Å²) in [5, 5.41) is 4.61. The molecule has 8 nitrogen and oxygen atoms in total. The van der Waals surface area contributed by atoms with Crippen LogP contribution in [0.1, 0.15) is 30.5 Å². The second kappa shape index (κ2) is 14.1. The first kappa shape index (κ1) is 30.8. The van der Waals surface area contributed by atoms with Crippen molar-refractivity contribution < 1.29 is 19.1 Å². The van der Waals surface area contributed by atoms with Crippen LogP contribution >= 0.6 is 11.6 Å². The number of amides is 3. The molecule has 0 saturated heterocycles. The van der Waals surface area contributed by atoms with Crippen molar-refractivity contribution in [3.8, 4) is 11.5 Å². The number of ether oxygens (including phenoxy) is 2. The number of aryl methyl sites for hydroxylation is 1. The first-order valence-corrected chi connectivity index (χ1v) is 14.4. The molecule has 0 bridgehead atoms. The SMILES string of the molecule is COc1ccc(CN(CCc2c[nH]c3ccccc23)C(=O)CN(CC(C)C)C(=O)Nc2ccc(C)c(Cl)c2)cc1OC. The summed E-state index contributed by atoms with van der Waals surface area (Å²) in [6.45, 7) is 7.12. The van der Waals surface area contributed by atoms with Crippen molar-refractivity contribution in [2.75, 3.05) is 39.2 Å². The summed E-state index contributed by atoms with van der Waals surface area (Å²) in [7, 11) is 3.18. The molecule has 9 heteroatoms. The van der Waals surface area contributed by atoms with Crippen molar-refractivity contribution in [1.82, 2.24) is 14.8 Å². The fraction of sp³-hybridized carbons (Fsp3) is 0.333. The van der Waals surface area contributed by atoms with Crippen LogP contribution in [0.4, 0.5) is 10.5 Å². The zero-order valence-corrected chi connectivity index (χ0v) is 25.6. The Bertz CT molecular complexity index is 1530. The van der Waals surface area contributed by atoms with Crippen molar-refractivity contribution >= 4 is 40.1 Å². The molecule has 0 spiro atoms. The van der Waals surface area contributed by atoms with Gasteiger partial charge in [-0.1, -0.05) is 55.8 Å². The van der Waals surface area contributed by atoms with Crippen molar-refractivity contribution in [3.63, 3.8) is 0 Å².